The third kappa shape index (κ3) is 2.32. The van der Waals surface area contributed by atoms with Crippen LogP contribution in [0, 0.1) is 0 Å². The fraction of sp³-hybridized carbons (Fsp3) is 0.600. The van der Waals surface area contributed by atoms with E-state index in [2.05, 4.69) is 6.07 Å². The lowest BCUT2D eigenvalue weighted by Gasteiger charge is -2.23. The van der Waals surface area contributed by atoms with Gasteiger partial charge in [0.1, 0.15) is 5.75 Å². The zero-order valence-corrected chi connectivity index (χ0v) is 10.2. The second kappa shape index (κ2) is 4.69. The fourth-order valence-electron chi connectivity index (χ4n) is 3.02. The van der Waals surface area contributed by atoms with Gasteiger partial charge in [-0.15, -0.1) is 0 Å². The number of aryl methyl sites for hydroxylation is 1. The van der Waals surface area contributed by atoms with Gasteiger partial charge in [0.2, 0.25) is 0 Å². The number of fused-ring (bicyclic) bond motifs is 1. The van der Waals surface area contributed by atoms with Crippen molar-refractivity contribution in [1.82, 2.24) is 0 Å². The van der Waals surface area contributed by atoms with Crippen molar-refractivity contribution < 1.29 is 9.84 Å². The molecule has 2 aliphatic rings. The first kappa shape index (κ1) is 11.1. The van der Waals surface area contributed by atoms with E-state index in [0.29, 0.717) is 6.10 Å². The molecule has 0 bridgehead atoms. The van der Waals surface area contributed by atoms with Gasteiger partial charge in [-0.1, -0.05) is 12.5 Å². The lowest BCUT2D eigenvalue weighted by molar-refractivity contribution is 0.154. The van der Waals surface area contributed by atoms with E-state index >= 15 is 0 Å². The molecule has 92 valence electrons. The minimum Gasteiger partial charge on any atom is -0.490 e. The average Bonchev–Trinajstić information content (AvgIpc) is 2.72. The molecule has 3 rings (SSSR count). The van der Waals surface area contributed by atoms with E-state index < -0.39 is 0 Å². The summed E-state index contributed by atoms with van der Waals surface area (Å²) in [5.74, 6) is 0.991. The maximum atomic E-state index is 9.75. The molecule has 2 aliphatic carbocycles. The lowest BCUT2D eigenvalue weighted by atomic mass is 9.98. The largest absolute Gasteiger partial charge is 0.490 e. The van der Waals surface area contributed by atoms with Crippen LogP contribution in [0.2, 0.25) is 0 Å². The topological polar surface area (TPSA) is 29.5 Å². The molecular weight excluding hydrogens is 212 g/mol. The SMILES string of the molecule is OC1CCc2cc(OC3CCCCC3)ccc21. The Balaban J connectivity index is 1.71. The molecule has 1 N–H and O–H groups in total. The predicted octanol–water partition coefficient (Wildman–Crippen LogP) is 3.38. The van der Waals surface area contributed by atoms with Crippen LogP contribution >= 0.6 is 0 Å². The first-order valence-electron chi connectivity index (χ1n) is 6.80. The summed E-state index contributed by atoms with van der Waals surface area (Å²) in [6.45, 7) is 0. The summed E-state index contributed by atoms with van der Waals surface area (Å²) in [5.41, 5.74) is 2.37. The summed E-state index contributed by atoms with van der Waals surface area (Å²) in [4.78, 5) is 0. The van der Waals surface area contributed by atoms with Gasteiger partial charge in [0.05, 0.1) is 12.2 Å². The zero-order chi connectivity index (χ0) is 11.7. The fourth-order valence-corrected chi connectivity index (χ4v) is 3.02. The van der Waals surface area contributed by atoms with Gasteiger partial charge in [0.15, 0.2) is 0 Å². The molecule has 0 heterocycles. The lowest BCUT2D eigenvalue weighted by Crippen LogP contribution is -2.19. The first-order chi connectivity index (χ1) is 8.33. The normalized spacial score (nSPS) is 24.6. The molecule has 1 aromatic rings. The molecule has 1 atom stereocenters. The van der Waals surface area contributed by atoms with Crippen molar-refractivity contribution in [3.8, 4) is 5.75 Å². The highest BCUT2D eigenvalue weighted by Crippen LogP contribution is 2.34. The second-order valence-corrected chi connectivity index (χ2v) is 5.29. The molecule has 1 fully saturated rings. The Kier molecular flexibility index (Phi) is 3.06. The Morgan fingerprint density at radius 1 is 1.06 bits per heavy atom. The van der Waals surface area contributed by atoms with Gasteiger partial charge in [-0.2, -0.15) is 0 Å². The summed E-state index contributed by atoms with van der Waals surface area (Å²) in [6.07, 6.45) is 8.35. The number of aliphatic hydroxyl groups excluding tert-OH is 1. The van der Waals surface area contributed by atoms with E-state index in [0.717, 1.165) is 24.2 Å². The van der Waals surface area contributed by atoms with Crippen LogP contribution in [-0.4, -0.2) is 11.2 Å². The third-order valence-electron chi connectivity index (χ3n) is 4.02. The molecule has 17 heavy (non-hydrogen) atoms. The Morgan fingerprint density at radius 3 is 2.71 bits per heavy atom. The van der Waals surface area contributed by atoms with Crippen LogP contribution in [0.3, 0.4) is 0 Å². The van der Waals surface area contributed by atoms with Crippen molar-refractivity contribution in [2.24, 2.45) is 0 Å². The Morgan fingerprint density at radius 2 is 1.88 bits per heavy atom. The van der Waals surface area contributed by atoms with Crippen LogP contribution in [0.1, 0.15) is 55.8 Å². The smallest absolute Gasteiger partial charge is 0.120 e. The van der Waals surface area contributed by atoms with Gasteiger partial charge in [-0.25, -0.2) is 0 Å². The molecule has 2 nitrogen and oxygen atoms in total. The van der Waals surface area contributed by atoms with Gasteiger partial charge < -0.3 is 9.84 Å². The second-order valence-electron chi connectivity index (χ2n) is 5.29. The molecule has 0 aromatic heterocycles. The van der Waals surface area contributed by atoms with E-state index in [1.807, 2.05) is 12.1 Å². The van der Waals surface area contributed by atoms with Crippen molar-refractivity contribution in [1.29, 1.82) is 0 Å². The van der Waals surface area contributed by atoms with Crippen molar-refractivity contribution in [2.45, 2.75) is 57.2 Å². The summed E-state index contributed by atoms with van der Waals surface area (Å²) < 4.78 is 6.03. The zero-order valence-electron chi connectivity index (χ0n) is 10.2. The number of aliphatic hydroxyl groups is 1. The molecule has 0 radical (unpaired) electrons. The Bertz CT molecular complexity index is 394. The molecule has 2 heteroatoms. The van der Waals surface area contributed by atoms with E-state index in [4.69, 9.17) is 4.74 Å². The van der Waals surface area contributed by atoms with Crippen molar-refractivity contribution in [2.75, 3.05) is 0 Å². The molecular formula is C15H20O2. The van der Waals surface area contributed by atoms with Gasteiger partial charge in [-0.05, 0) is 61.8 Å². The van der Waals surface area contributed by atoms with Crippen LogP contribution < -0.4 is 4.74 Å². The minimum atomic E-state index is -0.256. The maximum Gasteiger partial charge on any atom is 0.120 e. The molecule has 0 spiro atoms. The highest BCUT2D eigenvalue weighted by atomic mass is 16.5. The Labute approximate surface area is 103 Å². The molecule has 0 amide bonds. The molecule has 0 saturated heterocycles. The number of ether oxygens (including phenoxy) is 1. The third-order valence-corrected chi connectivity index (χ3v) is 4.02. The first-order valence-corrected chi connectivity index (χ1v) is 6.80. The van der Waals surface area contributed by atoms with Crippen LogP contribution in [-0.2, 0) is 6.42 Å². The maximum absolute atomic E-state index is 9.75. The van der Waals surface area contributed by atoms with E-state index in [9.17, 15) is 5.11 Å². The van der Waals surface area contributed by atoms with Gasteiger partial charge in [-0.3, -0.25) is 0 Å². The van der Waals surface area contributed by atoms with Crippen LogP contribution in [0.5, 0.6) is 5.75 Å². The van der Waals surface area contributed by atoms with Crippen molar-refractivity contribution >= 4 is 0 Å². The van der Waals surface area contributed by atoms with Crippen LogP contribution in [0.15, 0.2) is 18.2 Å². The summed E-state index contributed by atoms with van der Waals surface area (Å²) in [7, 11) is 0. The summed E-state index contributed by atoms with van der Waals surface area (Å²) >= 11 is 0. The predicted molar refractivity (Wildman–Crippen MR) is 67.2 cm³/mol. The number of hydrogen-bond donors (Lipinski definition) is 1. The number of hydrogen-bond acceptors (Lipinski definition) is 2. The van der Waals surface area contributed by atoms with Crippen molar-refractivity contribution in [3.05, 3.63) is 29.3 Å². The standard InChI is InChI=1S/C15H20O2/c16-15-9-6-11-10-13(7-8-14(11)15)17-12-4-2-1-3-5-12/h7-8,10,12,15-16H,1-6,9H2. The van der Waals surface area contributed by atoms with E-state index in [-0.39, 0.29) is 6.10 Å². The summed E-state index contributed by atoms with van der Waals surface area (Å²) in [5, 5.41) is 9.75. The molecule has 1 saturated carbocycles. The monoisotopic (exact) mass is 232 g/mol. The van der Waals surface area contributed by atoms with Crippen LogP contribution in [0.4, 0.5) is 0 Å². The van der Waals surface area contributed by atoms with E-state index in [1.165, 1.54) is 37.7 Å². The molecule has 1 aromatic carbocycles. The average molecular weight is 232 g/mol. The number of benzene rings is 1. The van der Waals surface area contributed by atoms with Crippen molar-refractivity contribution in [3.63, 3.8) is 0 Å². The molecule has 1 unspecified atom stereocenters. The van der Waals surface area contributed by atoms with Gasteiger partial charge in [0, 0.05) is 0 Å². The quantitative estimate of drug-likeness (QED) is 0.847. The van der Waals surface area contributed by atoms with Gasteiger partial charge in [0.25, 0.3) is 0 Å². The highest BCUT2D eigenvalue weighted by molar-refractivity contribution is 5.39. The van der Waals surface area contributed by atoms with Crippen LogP contribution in [0.25, 0.3) is 0 Å². The van der Waals surface area contributed by atoms with E-state index in [1.54, 1.807) is 0 Å². The summed E-state index contributed by atoms with van der Waals surface area (Å²) in [6, 6.07) is 6.17. The van der Waals surface area contributed by atoms with Gasteiger partial charge >= 0.3 is 0 Å². The minimum absolute atomic E-state index is 0.256. The molecule has 0 aliphatic heterocycles. The number of rotatable bonds is 2. The highest BCUT2D eigenvalue weighted by Gasteiger charge is 2.21. The Hall–Kier alpha value is -1.02.